The highest BCUT2D eigenvalue weighted by atomic mass is 35.5. The number of aryl methyl sites for hydroxylation is 1. The standard InChI is InChI=1S/C12H14ClN/c1-3-4-7-14-9-11-6-5-10(2)8-12(11)13/h1,5-6,8,14H,4,7,9H2,2H3. The molecule has 1 aromatic carbocycles. The Labute approximate surface area is 90.5 Å². The molecule has 74 valence electrons. The van der Waals surface area contributed by atoms with Gasteiger partial charge in [0.25, 0.3) is 0 Å². The van der Waals surface area contributed by atoms with E-state index in [1.54, 1.807) is 0 Å². The van der Waals surface area contributed by atoms with Crippen molar-refractivity contribution >= 4 is 11.6 Å². The molecule has 0 saturated heterocycles. The fourth-order valence-electron chi connectivity index (χ4n) is 1.18. The summed E-state index contributed by atoms with van der Waals surface area (Å²) in [5.74, 6) is 2.58. The van der Waals surface area contributed by atoms with Crippen molar-refractivity contribution in [3.8, 4) is 12.3 Å². The molecule has 1 N–H and O–H groups in total. The topological polar surface area (TPSA) is 12.0 Å². The number of hydrogen-bond acceptors (Lipinski definition) is 1. The maximum atomic E-state index is 6.06. The van der Waals surface area contributed by atoms with Gasteiger partial charge in [0.05, 0.1) is 0 Å². The van der Waals surface area contributed by atoms with Crippen molar-refractivity contribution in [1.82, 2.24) is 5.32 Å². The van der Waals surface area contributed by atoms with Crippen LogP contribution in [-0.4, -0.2) is 6.54 Å². The lowest BCUT2D eigenvalue weighted by Crippen LogP contribution is -2.14. The van der Waals surface area contributed by atoms with Crippen LogP contribution in [-0.2, 0) is 6.54 Å². The van der Waals surface area contributed by atoms with Crippen LogP contribution in [0.4, 0.5) is 0 Å². The Morgan fingerprint density at radius 1 is 1.50 bits per heavy atom. The molecular formula is C12H14ClN. The van der Waals surface area contributed by atoms with E-state index in [4.69, 9.17) is 18.0 Å². The van der Waals surface area contributed by atoms with Gasteiger partial charge in [0.15, 0.2) is 0 Å². The van der Waals surface area contributed by atoms with Crippen LogP contribution in [0.2, 0.25) is 5.02 Å². The molecule has 14 heavy (non-hydrogen) atoms. The Bertz CT molecular complexity index is 339. The molecule has 0 radical (unpaired) electrons. The van der Waals surface area contributed by atoms with Crippen LogP contribution in [0.5, 0.6) is 0 Å². The lowest BCUT2D eigenvalue weighted by molar-refractivity contribution is 0.701. The van der Waals surface area contributed by atoms with Gasteiger partial charge in [0.1, 0.15) is 0 Å². The molecule has 1 aromatic rings. The van der Waals surface area contributed by atoms with Gasteiger partial charge in [-0.1, -0.05) is 23.7 Å². The zero-order valence-electron chi connectivity index (χ0n) is 8.31. The SMILES string of the molecule is C#CCCNCc1ccc(C)cc1Cl. The van der Waals surface area contributed by atoms with Gasteiger partial charge >= 0.3 is 0 Å². The van der Waals surface area contributed by atoms with Crippen LogP contribution in [0.3, 0.4) is 0 Å². The smallest absolute Gasteiger partial charge is 0.0453 e. The van der Waals surface area contributed by atoms with Crippen LogP contribution < -0.4 is 5.32 Å². The van der Waals surface area contributed by atoms with Crippen molar-refractivity contribution in [2.45, 2.75) is 19.9 Å². The Morgan fingerprint density at radius 2 is 2.29 bits per heavy atom. The van der Waals surface area contributed by atoms with Crippen molar-refractivity contribution in [1.29, 1.82) is 0 Å². The third kappa shape index (κ3) is 3.41. The molecule has 0 saturated carbocycles. The quantitative estimate of drug-likeness (QED) is 0.592. The first-order valence-corrected chi connectivity index (χ1v) is 5.01. The van der Waals surface area contributed by atoms with Gasteiger partial charge in [-0.2, -0.15) is 0 Å². The van der Waals surface area contributed by atoms with E-state index < -0.39 is 0 Å². The predicted molar refractivity (Wildman–Crippen MR) is 61.3 cm³/mol. The van der Waals surface area contributed by atoms with Crippen LogP contribution in [0.25, 0.3) is 0 Å². The first-order valence-electron chi connectivity index (χ1n) is 4.63. The summed E-state index contributed by atoms with van der Waals surface area (Å²) in [6.07, 6.45) is 5.90. The lowest BCUT2D eigenvalue weighted by atomic mass is 10.1. The lowest BCUT2D eigenvalue weighted by Gasteiger charge is -2.05. The first kappa shape index (κ1) is 11.1. The van der Waals surface area contributed by atoms with E-state index in [-0.39, 0.29) is 0 Å². The third-order valence-electron chi connectivity index (χ3n) is 1.97. The Morgan fingerprint density at radius 3 is 2.93 bits per heavy atom. The Hall–Kier alpha value is -0.970. The van der Waals surface area contributed by atoms with Crippen molar-refractivity contribution in [2.75, 3.05) is 6.54 Å². The molecule has 0 spiro atoms. The molecule has 0 aromatic heterocycles. The van der Waals surface area contributed by atoms with E-state index in [9.17, 15) is 0 Å². The minimum absolute atomic E-state index is 0.753. The summed E-state index contributed by atoms with van der Waals surface area (Å²) in [6.45, 7) is 3.64. The van der Waals surface area contributed by atoms with Gasteiger partial charge in [-0.25, -0.2) is 0 Å². The minimum atomic E-state index is 0.753. The van der Waals surface area contributed by atoms with E-state index >= 15 is 0 Å². The van der Waals surface area contributed by atoms with Gasteiger partial charge in [-0.3, -0.25) is 0 Å². The average Bonchev–Trinajstić information content (AvgIpc) is 2.15. The summed E-state index contributed by atoms with van der Waals surface area (Å²) >= 11 is 6.06. The van der Waals surface area contributed by atoms with Crippen LogP contribution in [0.1, 0.15) is 17.5 Å². The molecule has 0 unspecified atom stereocenters. The predicted octanol–water partition coefficient (Wildman–Crippen LogP) is 2.76. The van der Waals surface area contributed by atoms with Crippen LogP contribution >= 0.6 is 11.6 Å². The molecule has 0 fully saturated rings. The molecule has 0 aliphatic rings. The van der Waals surface area contributed by atoms with Gasteiger partial charge < -0.3 is 5.32 Å². The fraction of sp³-hybridized carbons (Fsp3) is 0.333. The van der Waals surface area contributed by atoms with Crippen molar-refractivity contribution < 1.29 is 0 Å². The highest BCUT2D eigenvalue weighted by Gasteiger charge is 1.98. The summed E-state index contributed by atoms with van der Waals surface area (Å²) in [4.78, 5) is 0. The van der Waals surface area contributed by atoms with Gasteiger partial charge in [0.2, 0.25) is 0 Å². The first-order chi connectivity index (χ1) is 6.74. The number of hydrogen-bond donors (Lipinski definition) is 1. The molecule has 1 nitrogen and oxygen atoms in total. The third-order valence-corrected chi connectivity index (χ3v) is 2.32. The second-order valence-electron chi connectivity index (χ2n) is 3.23. The highest BCUT2D eigenvalue weighted by Crippen LogP contribution is 2.16. The molecule has 0 atom stereocenters. The number of benzene rings is 1. The van der Waals surface area contributed by atoms with Gasteiger partial charge in [-0.05, 0) is 24.1 Å². The van der Waals surface area contributed by atoms with Crippen LogP contribution in [0, 0.1) is 19.3 Å². The normalized spacial score (nSPS) is 9.79. The number of rotatable bonds is 4. The largest absolute Gasteiger partial charge is 0.312 e. The summed E-state index contributed by atoms with van der Waals surface area (Å²) in [6, 6.07) is 6.07. The minimum Gasteiger partial charge on any atom is -0.312 e. The number of halogens is 1. The summed E-state index contributed by atoms with van der Waals surface area (Å²) in [5, 5.41) is 4.05. The summed E-state index contributed by atoms with van der Waals surface area (Å²) in [7, 11) is 0. The maximum absolute atomic E-state index is 6.06. The maximum Gasteiger partial charge on any atom is 0.0453 e. The van der Waals surface area contributed by atoms with Crippen molar-refractivity contribution in [3.63, 3.8) is 0 Å². The van der Waals surface area contributed by atoms with E-state index in [0.29, 0.717) is 0 Å². The second kappa shape index (κ2) is 5.70. The van der Waals surface area contributed by atoms with E-state index in [2.05, 4.69) is 17.3 Å². The van der Waals surface area contributed by atoms with E-state index in [0.717, 1.165) is 30.1 Å². The molecular weight excluding hydrogens is 194 g/mol. The zero-order chi connectivity index (χ0) is 10.4. The summed E-state index contributed by atoms with van der Waals surface area (Å²) < 4.78 is 0. The molecule has 0 bridgehead atoms. The molecule has 0 amide bonds. The van der Waals surface area contributed by atoms with E-state index in [1.165, 1.54) is 5.56 Å². The molecule has 2 heteroatoms. The molecule has 0 aliphatic heterocycles. The molecule has 0 heterocycles. The monoisotopic (exact) mass is 207 g/mol. The number of nitrogens with one attached hydrogen (secondary N) is 1. The fourth-order valence-corrected chi connectivity index (χ4v) is 1.48. The zero-order valence-corrected chi connectivity index (χ0v) is 9.06. The van der Waals surface area contributed by atoms with Gasteiger partial charge in [-0.15, -0.1) is 12.3 Å². The Kier molecular flexibility index (Phi) is 4.52. The number of terminal acetylenes is 1. The summed E-state index contributed by atoms with van der Waals surface area (Å²) in [5.41, 5.74) is 2.30. The molecule has 1 rings (SSSR count). The van der Waals surface area contributed by atoms with Gasteiger partial charge in [0, 0.05) is 24.5 Å². The average molecular weight is 208 g/mol. The van der Waals surface area contributed by atoms with E-state index in [1.807, 2.05) is 19.1 Å². The highest BCUT2D eigenvalue weighted by molar-refractivity contribution is 6.31. The second-order valence-corrected chi connectivity index (χ2v) is 3.63. The Balaban J connectivity index is 2.47. The van der Waals surface area contributed by atoms with Crippen molar-refractivity contribution in [2.24, 2.45) is 0 Å². The molecule has 0 aliphatic carbocycles. The van der Waals surface area contributed by atoms with Crippen LogP contribution in [0.15, 0.2) is 18.2 Å². The van der Waals surface area contributed by atoms with Crippen molar-refractivity contribution in [3.05, 3.63) is 34.3 Å².